The zero-order valence-corrected chi connectivity index (χ0v) is 13.1. The zero-order chi connectivity index (χ0) is 15.7. The van der Waals surface area contributed by atoms with Crippen LogP contribution >= 0.6 is 11.8 Å². The minimum Gasteiger partial charge on any atom is -0.480 e. The quantitative estimate of drug-likeness (QED) is 0.667. The normalized spacial score (nSPS) is 14.6. The lowest BCUT2D eigenvalue weighted by Gasteiger charge is -2.21. The smallest absolute Gasteiger partial charge is 0.320 e. The molecule has 0 heterocycles. The van der Waals surface area contributed by atoms with Crippen LogP contribution in [0.4, 0.5) is 0 Å². The van der Waals surface area contributed by atoms with E-state index in [1.165, 1.54) is 0 Å². The van der Waals surface area contributed by atoms with Gasteiger partial charge in [-0.15, -0.1) is 0 Å². The monoisotopic (exact) mass is 307 g/mol. The van der Waals surface area contributed by atoms with Crippen molar-refractivity contribution < 1.29 is 15.0 Å². The van der Waals surface area contributed by atoms with Crippen molar-refractivity contribution in [3.8, 4) is 11.8 Å². The maximum Gasteiger partial charge on any atom is 0.320 e. The summed E-state index contributed by atoms with van der Waals surface area (Å²) in [6, 6.07) is 8.69. The molecule has 0 amide bonds. The minimum absolute atomic E-state index is 0.109. The lowest BCUT2D eigenvalue weighted by Crippen LogP contribution is -2.45. The topological polar surface area (TPSA) is 69.6 Å². The Morgan fingerprint density at radius 3 is 2.67 bits per heavy atom. The molecule has 1 rings (SSSR count). The van der Waals surface area contributed by atoms with Crippen molar-refractivity contribution in [2.45, 2.75) is 25.0 Å². The highest BCUT2D eigenvalue weighted by Gasteiger charge is 2.22. The van der Waals surface area contributed by atoms with Gasteiger partial charge in [-0.05, 0) is 37.5 Å². The summed E-state index contributed by atoms with van der Waals surface area (Å²) in [4.78, 5) is 11.1. The summed E-state index contributed by atoms with van der Waals surface area (Å²) in [6.07, 6.45) is 2.44. The molecule has 2 atom stereocenters. The van der Waals surface area contributed by atoms with E-state index in [1.54, 1.807) is 18.7 Å². The molecule has 0 fully saturated rings. The van der Waals surface area contributed by atoms with Gasteiger partial charge in [0.2, 0.25) is 0 Å². The Labute approximate surface area is 130 Å². The second-order valence-corrected chi connectivity index (χ2v) is 5.93. The van der Waals surface area contributed by atoms with Crippen LogP contribution in [0.5, 0.6) is 0 Å². The van der Waals surface area contributed by atoms with Crippen molar-refractivity contribution in [1.82, 2.24) is 5.32 Å². The molecule has 0 aliphatic carbocycles. The fourth-order valence-corrected chi connectivity index (χ4v) is 2.11. The van der Waals surface area contributed by atoms with Crippen molar-refractivity contribution in [2.75, 3.05) is 18.6 Å². The Bertz CT molecular complexity index is 505. The van der Waals surface area contributed by atoms with E-state index < -0.39 is 17.6 Å². The predicted octanol–water partition coefficient (Wildman–Crippen LogP) is 1.58. The van der Waals surface area contributed by atoms with E-state index >= 15 is 0 Å². The molecular formula is C16H21NO3S. The van der Waals surface area contributed by atoms with Gasteiger partial charge in [-0.25, -0.2) is 0 Å². The number of hydrogen-bond acceptors (Lipinski definition) is 4. The fourth-order valence-electron chi connectivity index (χ4n) is 1.64. The molecule has 0 spiro atoms. The lowest BCUT2D eigenvalue weighted by atomic mass is 10.1. The third kappa shape index (κ3) is 7.19. The Morgan fingerprint density at radius 2 is 2.10 bits per heavy atom. The van der Waals surface area contributed by atoms with Crippen LogP contribution in [-0.2, 0) is 4.79 Å². The number of thioether (sulfide) groups is 1. The number of nitrogens with one attached hydrogen (secondary N) is 1. The van der Waals surface area contributed by atoms with Gasteiger partial charge in [-0.2, -0.15) is 11.8 Å². The average molecular weight is 307 g/mol. The third-order valence-electron chi connectivity index (χ3n) is 2.85. The highest BCUT2D eigenvalue weighted by Crippen LogP contribution is 2.05. The van der Waals surface area contributed by atoms with Gasteiger partial charge in [0.15, 0.2) is 0 Å². The molecule has 0 saturated heterocycles. The summed E-state index contributed by atoms with van der Waals surface area (Å²) in [7, 11) is 0. The lowest BCUT2D eigenvalue weighted by molar-refractivity contribution is -0.139. The van der Waals surface area contributed by atoms with Gasteiger partial charge in [0.1, 0.15) is 11.6 Å². The number of benzene rings is 1. The first kappa shape index (κ1) is 17.6. The molecule has 0 aromatic heterocycles. The molecule has 0 aliphatic rings. The van der Waals surface area contributed by atoms with E-state index in [2.05, 4.69) is 17.2 Å². The highest BCUT2D eigenvalue weighted by molar-refractivity contribution is 7.98. The highest BCUT2D eigenvalue weighted by atomic mass is 32.2. The standard InChI is InChI=1S/C16H21NO3S/c1-16(20,10-8-13-6-4-3-5-7-13)12-17-14(15(18)19)9-11-21-2/h3-7,14,17,20H,9,11-12H2,1-2H3,(H,18,19)/t14-,16-/m0/s1. The maximum atomic E-state index is 11.1. The molecule has 1 aromatic carbocycles. The number of hydrogen-bond donors (Lipinski definition) is 3. The van der Waals surface area contributed by atoms with Gasteiger partial charge in [-0.1, -0.05) is 30.0 Å². The summed E-state index contributed by atoms with van der Waals surface area (Å²) in [5.74, 6) is 5.51. The molecule has 4 nitrogen and oxygen atoms in total. The largest absolute Gasteiger partial charge is 0.480 e. The van der Waals surface area contributed by atoms with Crippen LogP contribution in [0.1, 0.15) is 18.9 Å². The third-order valence-corrected chi connectivity index (χ3v) is 3.50. The summed E-state index contributed by atoms with van der Waals surface area (Å²) < 4.78 is 0. The van der Waals surface area contributed by atoms with Gasteiger partial charge >= 0.3 is 5.97 Å². The van der Waals surface area contributed by atoms with Crippen LogP contribution in [0.25, 0.3) is 0 Å². The second-order valence-electron chi connectivity index (χ2n) is 4.94. The van der Waals surface area contributed by atoms with Gasteiger partial charge in [0.05, 0.1) is 0 Å². The first-order chi connectivity index (χ1) is 9.94. The van der Waals surface area contributed by atoms with Crippen LogP contribution in [0.3, 0.4) is 0 Å². The Morgan fingerprint density at radius 1 is 1.43 bits per heavy atom. The van der Waals surface area contributed by atoms with Gasteiger partial charge < -0.3 is 15.5 Å². The molecule has 0 aliphatic heterocycles. The average Bonchev–Trinajstić information content (AvgIpc) is 2.46. The molecule has 114 valence electrons. The SMILES string of the molecule is CSCC[C@H](NC[C@@](C)(O)C#Cc1ccccc1)C(=O)O. The van der Waals surface area contributed by atoms with Gasteiger partial charge in [-0.3, -0.25) is 4.79 Å². The Balaban J connectivity index is 2.59. The summed E-state index contributed by atoms with van der Waals surface area (Å²) in [6.45, 7) is 1.68. The Kier molecular flexibility index (Phi) is 7.30. The molecule has 21 heavy (non-hydrogen) atoms. The van der Waals surface area contributed by atoms with Crippen LogP contribution in [0.15, 0.2) is 30.3 Å². The van der Waals surface area contributed by atoms with Crippen molar-refractivity contribution in [3.63, 3.8) is 0 Å². The van der Waals surface area contributed by atoms with Crippen molar-refractivity contribution in [3.05, 3.63) is 35.9 Å². The fraction of sp³-hybridized carbons (Fsp3) is 0.438. The van der Waals surface area contributed by atoms with Crippen LogP contribution in [0.2, 0.25) is 0 Å². The minimum atomic E-state index is -1.27. The number of carboxylic acids is 1. The van der Waals surface area contributed by atoms with Crippen molar-refractivity contribution >= 4 is 17.7 Å². The number of carboxylic acid groups (broad SMARTS) is 1. The maximum absolute atomic E-state index is 11.1. The number of carbonyl (C=O) groups is 1. The Hall–Kier alpha value is -1.48. The van der Waals surface area contributed by atoms with Crippen molar-refractivity contribution in [1.29, 1.82) is 0 Å². The number of rotatable bonds is 7. The molecule has 0 radical (unpaired) electrons. The van der Waals surface area contributed by atoms with E-state index in [-0.39, 0.29) is 6.54 Å². The predicted molar refractivity (Wildman–Crippen MR) is 86.4 cm³/mol. The van der Waals surface area contributed by atoms with Crippen molar-refractivity contribution in [2.24, 2.45) is 0 Å². The zero-order valence-electron chi connectivity index (χ0n) is 12.3. The van der Waals surface area contributed by atoms with Crippen LogP contribution < -0.4 is 5.32 Å². The first-order valence-electron chi connectivity index (χ1n) is 6.70. The van der Waals surface area contributed by atoms with E-state index in [9.17, 15) is 9.90 Å². The number of aliphatic carboxylic acids is 1. The molecule has 1 aromatic rings. The molecule has 0 saturated carbocycles. The van der Waals surface area contributed by atoms with E-state index in [0.717, 1.165) is 11.3 Å². The first-order valence-corrected chi connectivity index (χ1v) is 8.10. The molecule has 5 heteroatoms. The summed E-state index contributed by atoms with van der Waals surface area (Å²) in [5, 5.41) is 22.2. The summed E-state index contributed by atoms with van der Waals surface area (Å²) in [5.41, 5.74) is -0.460. The number of aliphatic hydroxyl groups is 1. The van der Waals surface area contributed by atoms with E-state index in [1.807, 2.05) is 36.6 Å². The van der Waals surface area contributed by atoms with Gasteiger partial charge in [0, 0.05) is 12.1 Å². The van der Waals surface area contributed by atoms with E-state index in [4.69, 9.17) is 5.11 Å². The molecule has 3 N–H and O–H groups in total. The van der Waals surface area contributed by atoms with Crippen LogP contribution in [0, 0.1) is 11.8 Å². The molecular weight excluding hydrogens is 286 g/mol. The second kappa shape index (κ2) is 8.73. The van der Waals surface area contributed by atoms with Gasteiger partial charge in [0.25, 0.3) is 0 Å². The molecule has 0 bridgehead atoms. The summed E-state index contributed by atoms with van der Waals surface area (Å²) >= 11 is 1.59. The van der Waals surface area contributed by atoms with Crippen LogP contribution in [-0.4, -0.2) is 46.4 Å². The van der Waals surface area contributed by atoms with E-state index in [0.29, 0.717) is 6.42 Å². The molecule has 0 unspecified atom stereocenters.